The molecule has 0 unspecified atom stereocenters. The molecule has 26 heavy (non-hydrogen) atoms. The van der Waals surface area contributed by atoms with Gasteiger partial charge in [0.15, 0.2) is 0 Å². The third kappa shape index (κ3) is 4.17. The van der Waals surface area contributed by atoms with Crippen molar-refractivity contribution in [3.63, 3.8) is 0 Å². The lowest BCUT2D eigenvalue weighted by molar-refractivity contribution is 0.00726. The lowest BCUT2D eigenvalue weighted by atomic mass is 10.0. The molecule has 1 aromatic heterocycles. The Labute approximate surface area is 155 Å². The smallest absolute Gasteiger partial charge is 0.124 e. The average Bonchev–Trinajstić information content (AvgIpc) is 3.28. The number of aromatic amines is 1. The quantitative estimate of drug-likeness (QED) is 0.801. The molecule has 2 aromatic rings. The predicted molar refractivity (Wildman–Crippen MR) is 101 cm³/mol. The van der Waals surface area contributed by atoms with Crippen molar-refractivity contribution in [2.75, 3.05) is 19.7 Å². The largest absolute Gasteiger partial charge is 0.389 e. The summed E-state index contributed by atoms with van der Waals surface area (Å²) in [6, 6.07) is 10.4. The van der Waals surface area contributed by atoms with Gasteiger partial charge in [-0.3, -0.25) is 4.90 Å². The molecule has 1 saturated heterocycles. The van der Waals surface area contributed by atoms with Gasteiger partial charge in [-0.1, -0.05) is 30.3 Å². The van der Waals surface area contributed by atoms with E-state index >= 15 is 0 Å². The predicted octanol–water partition coefficient (Wildman–Crippen LogP) is 3.00. The minimum Gasteiger partial charge on any atom is -0.389 e. The number of aliphatic hydroxyl groups is 1. The number of nitrogens with one attached hydrogen (secondary N) is 1. The number of fused-ring (bicyclic) bond motifs is 1. The third-order valence-electron chi connectivity index (χ3n) is 5.52. The third-order valence-corrected chi connectivity index (χ3v) is 5.52. The number of β-amino-alcohol motifs (C(OH)–C–C–N with tert-alkyl or cyclic N) is 1. The first-order valence-electron chi connectivity index (χ1n) is 9.91. The van der Waals surface area contributed by atoms with Crippen molar-refractivity contribution in [1.82, 2.24) is 14.9 Å². The highest BCUT2D eigenvalue weighted by molar-refractivity contribution is 5.19. The molecule has 1 aliphatic carbocycles. The standard InChI is InChI=1S/C21H29N3O2/c25-17(15-26-14-16-7-2-1-3-8-16)13-24-12-6-11-20(24)21-22-18-9-4-5-10-19(18)23-21/h1-3,7-8,17,20,25H,4-6,9-15H2,(H,22,23)/t17-,20-/m1/s1. The van der Waals surface area contributed by atoms with E-state index in [2.05, 4.69) is 9.88 Å². The minimum atomic E-state index is -0.469. The van der Waals surface area contributed by atoms with Crippen LogP contribution in [0.2, 0.25) is 0 Å². The Morgan fingerprint density at radius 2 is 2.04 bits per heavy atom. The van der Waals surface area contributed by atoms with Crippen molar-refractivity contribution in [2.24, 2.45) is 0 Å². The normalized spacial score (nSPS) is 21.7. The first kappa shape index (κ1) is 17.7. The lowest BCUT2D eigenvalue weighted by Gasteiger charge is -2.25. The molecule has 5 heteroatoms. The fourth-order valence-corrected chi connectivity index (χ4v) is 4.20. The molecule has 0 spiro atoms. The minimum absolute atomic E-state index is 0.310. The summed E-state index contributed by atoms with van der Waals surface area (Å²) in [5.74, 6) is 1.10. The molecule has 1 fully saturated rings. The van der Waals surface area contributed by atoms with Gasteiger partial charge in [-0.2, -0.15) is 0 Å². The molecule has 0 bridgehead atoms. The Balaban J connectivity index is 1.30. The van der Waals surface area contributed by atoms with Crippen molar-refractivity contribution in [1.29, 1.82) is 0 Å². The van der Waals surface area contributed by atoms with Crippen LogP contribution in [0.15, 0.2) is 30.3 Å². The monoisotopic (exact) mass is 355 g/mol. The number of ether oxygens (including phenoxy) is 1. The van der Waals surface area contributed by atoms with Crippen molar-refractivity contribution in [3.8, 4) is 0 Å². The number of hydrogen-bond acceptors (Lipinski definition) is 4. The number of H-pyrrole nitrogens is 1. The second-order valence-corrected chi connectivity index (χ2v) is 7.56. The van der Waals surface area contributed by atoms with Gasteiger partial charge in [0.1, 0.15) is 5.82 Å². The van der Waals surface area contributed by atoms with E-state index in [4.69, 9.17) is 9.72 Å². The van der Waals surface area contributed by atoms with Crippen molar-refractivity contribution < 1.29 is 9.84 Å². The van der Waals surface area contributed by atoms with Gasteiger partial charge in [0.2, 0.25) is 0 Å². The number of hydrogen-bond donors (Lipinski definition) is 2. The summed E-state index contributed by atoms with van der Waals surface area (Å²) in [6.45, 7) is 2.58. The highest BCUT2D eigenvalue weighted by atomic mass is 16.5. The Bertz CT molecular complexity index is 677. The molecule has 0 saturated carbocycles. The zero-order chi connectivity index (χ0) is 17.8. The second kappa shape index (κ2) is 8.33. The van der Waals surface area contributed by atoms with Gasteiger partial charge >= 0.3 is 0 Å². The van der Waals surface area contributed by atoms with E-state index in [9.17, 15) is 5.11 Å². The van der Waals surface area contributed by atoms with E-state index in [1.807, 2.05) is 30.3 Å². The molecule has 1 aliphatic heterocycles. The van der Waals surface area contributed by atoms with Crippen LogP contribution in [-0.4, -0.2) is 45.8 Å². The molecule has 2 N–H and O–H groups in total. The maximum absolute atomic E-state index is 10.4. The molecule has 0 amide bonds. The maximum Gasteiger partial charge on any atom is 0.124 e. The summed E-state index contributed by atoms with van der Waals surface area (Å²) in [7, 11) is 0. The zero-order valence-corrected chi connectivity index (χ0v) is 15.4. The van der Waals surface area contributed by atoms with Gasteiger partial charge in [0.05, 0.1) is 31.1 Å². The summed E-state index contributed by atoms with van der Waals surface area (Å²) >= 11 is 0. The molecular weight excluding hydrogens is 326 g/mol. The first-order valence-corrected chi connectivity index (χ1v) is 9.91. The van der Waals surface area contributed by atoms with E-state index in [1.54, 1.807) is 0 Å². The average molecular weight is 355 g/mol. The van der Waals surface area contributed by atoms with Gasteiger partial charge < -0.3 is 14.8 Å². The van der Waals surface area contributed by atoms with Crippen LogP contribution in [0.3, 0.4) is 0 Å². The number of benzene rings is 1. The van der Waals surface area contributed by atoms with E-state index in [-0.39, 0.29) is 0 Å². The number of likely N-dealkylation sites (tertiary alicyclic amines) is 1. The number of nitrogens with zero attached hydrogens (tertiary/aromatic N) is 2. The van der Waals surface area contributed by atoms with Crippen molar-refractivity contribution in [2.45, 2.75) is 57.3 Å². The lowest BCUT2D eigenvalue weighted by Crippen LogP contribution is -2.35. The highest BCUT2D eigenvalue weighted by Gasteiger charge is 2.30. The molecule has 4 rings (SSSR count). The van der Waals surface area contributed by atoms with Gasteiger partial charge in [-0.15, -0.1) is 0 Å². The van der Waals surface area contributed by atoms with Crippen LogP contribution < -0.4 is 0 Å². The van der Waals surface area contributed by atoms with Crippen LogP contribution in [0.5, 0.6) is 0 Å². The van der Waals surface area contributed by atoms with Crippen molar-refractivity contribution >= 4 is 0 Å². The fourth-order valence-electron chi connectivity index (χ4n) is 4.20. The van der Waals surface area contributed by atoms with Crippen LogP contribution in [-0.2, 0) is 24.2 Å². The Kier molecular flexibility index (Phi) is 5.68. The molecule has 2 heterocycles. The number of aromatic nitrogens is 2. The summed E-state index contributed by atoms with van der Waals surface area (Å²) in [4.78, 5) is 10.8. The van der Waals surface area contributed by atoms with Crippen LogP contribution >= 0.6 is 0 Å². The van der Waals surface area contributed by atoms with Crippen LogP contribution in [0.4, 0.5) is 0 Å². The van der Waals surface area contributed by atoms with Gasteiger partial charge in [0.25, 0.3) is 0 Å². The molecule has 2 aliphatic rings. The number of rotatable bonds is 7. The highest BCUT2D eigenvalue weighted by Crippen LogP contribution is 2.32. The maximum atomic E-state index is 10.4. The Hall–Kier alpha value is -1.69. The summed E-state index contributed by atoms with van der Waals surface area (Å²) in [5.41, 5.74) is 3.75. The Morgan fingerprint density at radius 3 is 2.88 bits per heavy atom. The number of aliphatic hydroxyl groups excluding tert-OH is 1. The SMILES string of the molecule is O[C@@H](COCc1ccccc1)CN1CCC[C@@H]1c1nc2c([nH]1)CCCC2. The Morgan fingerprint density at radius 1 is 1.19 bits per heavy atom. The molecule has 0 radical (unpaired) electrons. The topological polar surface area (TPSA) is 61.4 Å². The van der Waals surface area contributed by atoms with Crippen molar-refractivity contribution in [3.05, 3.63) is 53.1 Å². The van der Waals surface area contributed by atoms with Gasteiger partial charge in [-0.05, 0) is 50.6 Å². The summed E-state index contributed by atoms with van der Waals surface area (Å²) in [6.07, 6.45) is 6.56. The molecule has 2 atom stereocenters. The summed E-state index contributed by atoms with van der Waals surface area (Å²) in [5, 5.41) is 10.4. The molecule has 140 valence electrons. The van der Waals surface area contributed by atoms with Gasteiger partial charge in [-0.25, -0.2) is 4.98 Å². The van der Waals surface area contributed by atoms with E-state index in [0.717, 1.165) is 43.6 Å². The van der Waals surface area contributed by atoms with Crippen LogP contribution in [0.25, 0.3) is 0 Å². The number of aryl methyl sites for hydroxylation is 2. The molecule has 5 nitrogen and oxygen atoms in total. The van der Waals surface area contributed by atoms with E-state index < -0.39 is 6.10 Å². The van der Waals surface area contributed by atoms with Crippen LogP contribution in [0.1, 0.15) is 54.5 Å². The van der Waals surface area contributed by atoms with E-state index in [0.29, 0.717) is 25.8 Å². The van der Waals surface area contributed by atoms with E-state index in [1.165, 1.54) is 24.2 Å². The molecular formula is C21H29N3O2. The fraction of sp³-hybridized carbons (Fsp3) is 0.571. The number of imidazole rings is 1. The first-order chi connectivity index (χ1) is 12.8. The summed E-state index contributed by atoms with van der Waals surface area (Å²) < 4.78 is 5.70. The van der Waals surface area contributed by atoms with Gasteiger partial charge in [0, 0.05) is 12.2 Å². The second-order valence-electron chi connectivity index (χ2n) is 7.56. The van der Waals surface area contributed by atoms with Crippen LogP contribution in [0, 0.1) is 0 Å². The molecule has 1 aromatic carbocycles. The zero-order valence-electron chi connectivity index (χ0n) is 15.4.